The molecule has 104 valence electrons. The maximum atomic E-state index is 12.0. The van der Waals surface area contributed by atoms with E-state index >= 15 is 0 Å². The van der Waals surface area contributed by atoms with Crippen molar-refractivity contribution < 1.29 is 14.7 Å². The number of carboxylic acids is 1. The molecule has 0 aliphatic carbocycles. The van der Waals surface area contributed by atoms with Gasteiger partial charge in [-0.3, -0.25) is 9.59 Å². The number of aliphatic carboxylic acids is 1. The molecule has 2 aromatic rings. The number of anilines is 1. The SMILES string of the molecule is O=C(O)C[C@@H](CC(=O)Nc1ccccc1)c1cccs1. The summed E-state index contributed by atoms with van der Waals surface area (Å²) in [6.45, 7) is 0. The number of carboxylic acid groups (broad SMARTS) is 1. The number of carbonyl (C=O) groups is 2. The predicted octanol–water partition coefficient (Wildman–Crippen LogP) is 3.34. The lowest BCUT2D eigenvalue weighted by atomic mass is 9.99. The van der Waals surface area contributed by atoms with Gasteiger partial charge in [-0.25, -0.2) is 0 Å². The monoisotopic (exact) mass is 289 g/mol. The normalized spacial score (nSPS) is 11.8. The van der Waals surface area contributed by atoms with Crippen LogP contribution in [0.3, 0.4) is 0 Å². The first-order valence-corrected chi connectivity index (χ1v) is 7.13. The highest BCUT2D eigenvalue weighted by molar-refractivity contribution is 7.10. The van der Waals surface area contributed by atoms with E-state index < -0.39 is 5.97 Å². The summed E-state index contributed by atoms with van der Waals surface area (Å²) in [5.74, 6) is -1.34. The van der Waals surface area contributed by atoms with Crippen molar-refractivity contribution in [3.63, 3.8) is 0 Å². The molecule has 0 saturated carbocycles. The Morgan fingerprint density at radius 1 is 1.10 bits per heavy atom. The molecule has 0 bridgehead atoms. The molecular weight excluding hydrogens is 274 g/mol. The maximum absolute atomic E-state index is 12.0. The van der Waals surface area contributed by atoms with Crippen LogP contribution in [-0.4, -0.2) is 17.0 Å². The van der Waals surface area contributed by atoms with Crippen molar-refractivity contribution in [2.75, 3.05) is 5.32 Å². The van der Waals surface area contributed by atoms with Gasteiger partial charge in [-0.2, -0.15) is 0 Å². The summed E-state index contributed by atoms with van der Waals surface area (Å²) in [6.07, 6.45) is 0.129. The molecular formula is C15H15NO3S. The zero-order valence-electron chi connectivity index (χ0n) is 10.8. The lowest BCUT2D eigenvalue weighted by Gasteiger charge is -2.13. The summed E-state index contributed by atoms with van der Waals surface area (Å²) in [5.41, 5.74) is 0.720. The van der Waals surface area contributed by atoms with Gasteiger partial charge in [-0.1, -0.05) is 24.3 Å². The third kappa shape index (κ3) is 4.20. The second-order valence-corrected chi connectivity index (χ2v) is 5.41. The average molecular weight is 289 g/mol. The summed E-state index contributed by atoms with van der Waals surface area (Å²) >= 11 is 1.48. The average Bonchev–Trinajstić information content (AvgIpc) is 2.92. The standard InChI is InChI=1S/C15H15NO3S/c17-14(16-12-5-2-1-3-6-12)9-11(10-15(18)19)13-7-4-8-20-13/h1-8,11H,9-10H2,(H,16,17)(H,18,19)/t11-/m1/s1. The molecule has 0 unspecified atom stereocenters. The van der Waals surface area contributed by atoms with E-state index in [2.05, 4.69) is 5.32 Å². The summed E-state index contributed by atoms with van der Waals surface area (Å²) in [6, 6.07) is 12.9. The Labute approximate surface area is 121 Å². The van der Waals surface area contributed by atoms with Crippen LogP contribution in [0.2, 0.25) is 0 Å². The fourth-order valence-electron chi connectivity index (χ4n) is 1.97. The van der Waals surface area contributed by atoms with Crippen molar-refractivity contribution in [3.8, 4) is 0 Å². The van der Waals surface area contributed by atoms with E-state index in [0.717, 1.165) is 10.6 Å². The first-order valence-electron chi connectivity index (χ1n) is 6.25. The highest BCUT2D eigenvalue weighted by Crippen LogP contribution is 2.28. The van der Waals surface area contributed by atoms with Crippen LogP contribution in [0.15, 0.2) is 47.8 Å². The number of carbonyl (C=O) groups excluding carboxylic acids is 1. The smallest absolute Gasteiger partial charge is 0.304 e. The number of nitrogens with one attached hydrogen (secondary N) is 1. The molecule has 2 N–H and O–H groups in total. The van der Waals surface area contributed by atoms with Crippen LogP contribution in [0.1, 0.15) is 23.6 Å². The van der Waals surface area contributed by atoms with E-state index in [1.807, 2.05) is 35.7 Å². The van der Waals surface area contributed by atoms with Gasteiger partial charge in [-0.15, -0.1) is 11.3 Å². The largest absolute Gasteiger partial charge is 0.481 e. The molecule has 1 heterocycles. The Balaban J connectivity index is 2.00. The molecule has 2 rings (SSSR count). The summed E-state index contributed by atoms with van der Waals surface area (Å²) in [4.78, 5) is 23.8. The van der Waals surface area contributed by atoms with Gasteiger partial charge in [0.15, 0.2) is 0 Å². The molecule has 0 aliphatic rings. The fraction of sp³-hybridized carbons (Fsp3) is 0.200. The van der Waals surface area contributed by atoms with Crippen LogP contribution in [0.4, 0.5) is 5.69 Å². The highest BCUT2D eigenvalue weighted by atomic mass is 32.1. The maximum Gasteiger partial charge on any atom is 0.304 e. The van der Waals surface area contributed by atoms with Crippen molar-refractivity contribution in [3.05, 3.63) is 52.7 Å². The number of thiophene rings is 1. The van der Waals surface area contributed by atoms with Crippen LogP contribution >= 0.6 is 11.3 Å². The molecule has 1 atom stereocenters. The molecule has 4 nitrogen and oxygen atoms in total. The van der Waals surface area contributed by atoms with Gasteiger partial charge in [0.05, 0.1) is 6.42 Å². The summed E-state index contributed by atoms with van der Waals surface area (Å²) in [7, 11) is 0. The van der Waals surface area contributed by atoms with E-state index in [0.29, 0.717) is 0 Å². The minimum atomic E-state index is -0.893. The molecule has 1 aromatic heterocycles. The molecule has 1 amide bonds. The Morgan fingerprint density at radius 2 is 1.85 bits per heavy atom. The van der Waals surface area contributed by atoms with Crippen molar-refractivity contribution in [2.24, 2.45) is 0 Å². The molecule has 0 spiro atoms. The zero-order valence-corrected chi connectivity index (χ0v) is 11.6. The third-order valence-electron chi connectivity index (χ3n) is 2.86. The van der Waals surface area contributed by atoms with Crippen LogP contribution in [0, 0.1) is 0 Å². The van der Waals surface area contributed by atoms with E-state index in [-0.39, 0.29) is 24.7 Å². The molecule has 20 heavy (non-hydrogen) atoms. The predicted molar refractivity (Wildman–Crippen MR) is 79.0 cm³/mol. The number of hydrogen-bond acceptors (Lipinski definition) is 3. The van der Waals surface area contributed by atoms with Crippen molar-refractivity contribution in [1.82, 2.24) is 0 Å². The van der Waals surface area contributed by atoms with Crippen molar-refractivity contribution in [2.45, 2.75) is 18.8 Å². The molecule has 0 fully saturated rings. The number of rotatable bonds is 6. The van der Waals surface area contributed by atoms with Crippen molar-refractivity contribution in [1.29, 1.82) is 0 Å². The zero-order chi connectivity index (χ0) is 14.4. The van der Waals surface area contributed by atoms with Gasteiger partial charge in [-0.05, 0) is 23.6 Å². The third-order valence-corrected chi connectivity index (χ3v) is 3.89. The Bertz CT molecular complexity index is 566. The quantitative estimate of drug-likeness (QED) is 0.857. The van der Waals surface area contributed by atoms with Crippen LogP contribution in [0.25, 0.3) is 0 Å². The Morgan fingerprint density at radius 3 is 2.45 bits per heavy atom. The second-order valence-electron chi connectivity index (χ2n) is 4.43. The van der Waals surface area contributed by atoms with Gasteiger partial charge in [0.1, 0.15) is 0 Å². The number of amides is 1. The van der Waals surface area contributed by atoms with E-state index in [1.54, 1.807) is 12.1 Å². The molecule has 1 aromatic carbocycles. The topological polar surface area (TPSA) is 66.4 Å². The second kappa shape index (κ2) is 6.86. The fourth-order valence-corrected chi connectivity index (χ4v) is 2.80. The van der Waals surface area contributed by atoms with Gasteiger partial charge < -0.3 is 10.4 Å². The van der Waals surface area contributed by atoms with Crippen LogP contribution in [0.5, 0.6) is 0 Å². The van der Waals surface area contributed by atoms with E-state index in [4.69, 9.17) is 5.11 Å². The Kier molecular flexibility index (Phi) is 4.90. The molecule has 5 heteroatoms. The van der Waals surface area contributed by atoms with E-state index in [9.17, 15) is 9.59 Å². The van der Waals surface area contributed by atoms with Crippen LogP contribution in [-0.2, 0) is 9.59 Å². The summed E-state index contributed by atoms with van der Waals surface area (Å²) in [5, 5.41) is 13.6. The minimum absolute atomic E-state index is 0.0390. The van der Waals surface area contributed by atoms with E-state index in [1.165, 1.54) is 11.3 Å². The lowest BCUT2D eigenvalue weighted by Crippen LogP contribution is -2.17. The van der Waals surface area contributed by atoms with Gasteiger partial charge >= 0.3 is 5.97 Å². The van der Waals surface area contributed by atoms with Gasteiger partial charge in [0.25, 0.3) is 0 Å². The van der Waals surface area contributed by atoms with Crippen LogP contribution < -0.4 is 5.32 Å². The van der Waals surface area contributed by atoms with Crippen molar-refractivity contribution >= 4 is 28.9 Å². The molecule has 0 aliphatic heterocycles. The first-order chi connectivity index (χ1) is 9.65. The molecule has 0 radical (unpaired) electrons. The Hall–Kier alpha value is -2.14. The number of hydrogen-bond donors (Lipinski definition) is 2. The lowest BCUT2D eigenvalue weighted by molar-refractivity contribution is -0.137. The minimum Gasteiger partial charge on any atom is -0.481 e. The number of para-hydroxylation sites is 1. The van der Waals surface area contributed by atoms with Gasteiger partial charge in [0, 0.05) is 22.9 Å². The first kappa shape index (κ1) is 14.3. The summed E-state index contributed by atoms with van der Waals surface area (Å²) < 4.78 is 0. The van der Waals surface area contributed by atoms with Gasteiger partial charge in [0.2, 0.25) is 5.91 Å². The number of benzene rings is 1. The highest BCUT2D eigenvalue weighted by Gasteiger charge is 2.20. The molecule has 0 saturated heterocycles.